The second kappa shape index (κ2) is 8.65. The number of amides is 1. The van der Waals surface area contributed by atoms with Crippen molar-refractivity contribution in [1.29, 1.82) is 0 Å². The topological polar surface area (TPSA) is 85.8 Å². The van der Waals surface area contributed by atoms with E-state index in [-0.39, 0.29) is 29.4 Å². The zero-order valence-corrected chi connectivity index (χ0v) is 19.5. The van der Waals surface area contributed by atoms with Crippen LogP contribution in [0.1, 0.15) is 49.8 Å². The van der Waals surface area contributed by atoms with Crippen LogP contribution in [0.4, 0.5) is 10.1 Å². The molecule has 0 fully saturated rings. The predicted octanol–water partition coefficient (Wildman–Crippen LogP) is 4.98. The second-order valence-corrected chi connectivity index (χ2v) is 8.37. The third-order valence-electron chi connectivity index (χ3n) is 5.00. The summed E-state index contributed by atoms with van der Waals surface area (Å²) >= 11 is 0. The molecule has 4 aromatic rings. The highest BCUT2D eigenvalue weighted by Gasteiger charge is 2.27. The number of rotatable bonds is 6. The van der Waals surface area contributed by atoms with Gasteiger partial charge in [-0.3, -0.25) is 9.20 Å². The molecule has 3 aromatic heterocycles. The highest BCUT2D eigenvalue weighted by Crippen LogP contribution is 2.30. The largest absolute Gasteiger partial charge is 0.488 e. The maximum atomic E-state index is 14.9. The average Bonchev–Trinajstić information content (AvgIpc) is 3.30. The van der Waals surface area contributed by atoms with Gasteiger partial charge in [-0.25, -0.2) is 19.3 Å². The number of aryl methyl sites for hydroxylation is 2. The van der Waals surface area contributed by atoms with E-state index in [0.717, 1.165) is 0 Å². The Labute approximate surface area is 191 Å². The Balaban J connectivity index is 1.75. The molecule has 0 radical (unpaired) electrons. The van der Waals surface area contributed by atoms with Crippen molar-refractivity contribution >= 4 is 17.4 Å². The summed E-state index contributed by atoms with van der Waals surface area (Å²) in [5, 5.41) is 0. The number of hydrogen-bond acceptors (Lipinski definition) is 6. The molecule has 4 rings (SSSR count). The van der Waals surface area contributed by atoms with Crippen LogP contribution in [0.15, 0.2) is 41.2 Å². The lowest BCUT2D eigenvalue weighted by Crippen LogP contribution is -2.37. The van der Waals surface area contributed by atoms with Gasteiger partial charge in [0.1, 0.15) is 5.82 Å². The first kappa shape index (κ1) is 22.4. The van der Waals surface area contributed by atoms with Crippen molar-refractivity contribution in [3.8, 4) is 17.0 Å². The van der Waals surface area contributed by atoms with E-state index in [1.807, 2.05) is 27.7 Å². The van der Waals surface area contributed by atoms with Gasteiger partial charge in [-0.15, -0.1) is 0 Å². The normalized spacial score (nSPS) is 11.5. The van der Waals surface area contributed by atoms with Gasteiger partial charge in [-0.2, -0.15) is 0 Å². The summed E-state index contributed by atoms with van der Waals surface area (Å²) in [4.78, 5) is 27.8. The van der Waals surface area contributed by atoms with Gasteiger partial charge in [0.05, 0.1) is 29.9 Å². The maximum absolute atomic E-state index is 14.9. The molecular formula is C24H26FN5O3. The van der Waals surface area contributed by atoms with Crippen LogP contribution in [0.3, 0.4) is 0 Å². The lowest BCUT2D eigenvalue weighted by molar-refractivity contribution is 0.0951. The summed E-state index contributed by atoms with van der Waals surface area (Å²) in [6.45, 7) is 11.0. The van der Waals surface area contributed by atoms with Crippen molar-refractivity contribution in [2.24, 2.45) is 0 Å². The number of nitrogens with zero attached hydrogens (tertiary/aromatic N) is 5. The Kier molecular flexibility index (Phi) is 5.88. The van der Waals surface area contributed by atoms with Gasteiger partial charge in [0.2, 0.25) is 11.5 Å². The summed E-state index contributed by atoms with van der Waals surface area (Å²) in [5.41, 5.74) is 1.68. The van der Waals surface area contributed by atoms with Gasteiger partial charge in [0, 0.05) is 30.4 Å². The molecule has 9 heteroatoms. The van der Waals surface area contributed by atoms with Crippen molar-refractivity contribution in [3.05, 3.63) is 60.0 Å². The zero-order valence-electron chi connectivity index (χ0n) is 19.5. The number of anilines is 1. The SMILES string of the molecule is Cc1nc(C)c(C(=O)N(c2ccc(F)c(-c3cn4cc(OC(C)C)cnc4n3)c2)C(C)C)o1. The van der Waals surface area contributed by atoms with E-state index in [4.69, 9.17) is 9.15 Å². The molecule has 0 aliphatic heterocycles. The molecule has 8 nitrogen and oxygen atoms in total. The van der Waals surface area contributed by atoms with Gasteiger partial charge in [-0.1, -0.05) is 0 Å². The van der Waals surface area contributed by atoms with E-state index in [1.54, 1.807) is 53.9 Å². The van der Waals surface area contributed by atoms with E-state index in [2.05, 4.69) is 15.0 Å². The number of oxazole rings is 1. The van der Waals surface area contributed by atoms with E-state index in [1.165, 1.54) is 6.07 Å². The molecule has 0 unspecified atom stereocenters. The summed E-state index contributed by atoms with van der Waals surface area (Å²) in [5.74, 6) is 0.788. The van der Waals surface area contributed by atoms with Crippen molar-refractivity contribution in [3.63, 3.8) is 0 Å². The van der Waals surface area contributed by atoms with E-state index in [9.17, 15) is 9.18 Å². The van der Waals surface area contributed by atoms with Gasteiger partial charge in [0.15, 0.2) is 11.6 Å². The molecule has 0 atom stereocenters. The number of carbonyl (C=O) groups is 1. The molecule has 0 spiro atoms. The fourth-order valence-corrected chi connectivity index (χ4v) is 3.68. The lowest BCUT2D eigenvalue weighted by atomic mass is 10.1. The van der Waals surface area contributed by atoms with Crippen LogP contribution >= 0.6 is 0 Å². The highest BCUT2D eigenvalue weighted by molar-refractivity contribution is 6.05. The number of ether oxygens (including phenoxy) is 1. The number of halogens is 1. The summed E-state index contributed by atoms with van der Waals surface area (Å²) < 4.78 is 27.8. The van der Waals surface area contributed by atoms with Gasteiger partial charge in [-0.05, 0) is 52.8 Å². The van der Waals surface area contributed by atoms with E-state index >= 15 is 0 Å². The smallest absolute Gasteiger partial charge is 0.296 e. The molecule has 0 saturated heterocycles. The van der Waals surface area contributed by atoms with Crippen molar-refractivity contribution in [1.82, 2.24) is 19.4 Å². The Morgan fingerprint density at radius 1 is 1.15 bits per heavy atom. The van der Waals surface area contributed by atoms with Crippen LogP contribution in [-0.2, 0) is 0 Å². The molecule has 0 aliphatic rings. The van der Waals surface area contributed by atoms with Gasteiger partial charge >= 0.3 is 0 Å². The highest BCUT2D eigenvalue weighted by atomic mass is 19.1. The molecular weight excluding hydrogens is 425 g/mol. The molecule has 0 aliphatic carbocycles. The maximum Gasteiger partial charge on any atom is 0.296 e. The first-order valence-electron chi connectivity index (χ1n) is 10.7. The Hall–Kier alpha value is -3.75. The molecule has 1 aromatic carbocycles. The molecule has 33 heavy (non-hydrogen) atoms. The molecule has 172 valence electrons. The Morgan fingerprint density at radius 3 is 2.55 bits per heavy atom. The molecule has 0 N–H and O–H groups in total. The van der Waals surface area contributed by atoms with Crippen molar-refractivity contribution in [2.45, 2.75) is 53.7 Å². The van der Waals surface area contributed by atoms with Crippen LogP contribution in [0.5, 0.6) is 5.75 Å². The number of benzene rings is 1. The predicted molar refractivity (Wildman–Crippen MR) is 122 cm³/mol. The number of carbonyl (C=O) groups excluding carboxylic acids is 1. The number of aromatic nitrogens is 4. The van der Waals surface area contributed by atoms with Crippen molar-refractivity contribution in [2.75, 3.05) is 4.90 Å². The fraction of sp³-hybridized carbons (Fsp3) is 0.333. The standard InChI is InChI=1S/C24H26FN5O3/c1-13(2)30(23(31)22-15(5)27-16(6)33-22)17-7-8-20(25)19(9-17)21-12-29-11-18(32-14(3)4)10-26-24(29)28-21/h7-14H,1-6H3. The lowest BCUT2D eigenvalue weighted by Gasteiger charge is -2.26. The quantitative estimate of drug-likeness (QED) is 0.411. The van der Waals surface area contributed by atoms with Crippen LogP contribution in [0.25, 0.3) is 17.0 Å². The van der Waals surface area contributed by atoms with Crippen LogP contribution in [-0.4, -0.2) is 37.4 Å². The summed E-state index contributed by atoms with van der Waals surface area (Å²) in [6.07, 6.45) is 5.01. The summed E-state index contributed by atoms with van der Waals surface area (Å²) in [7, 11) is 0. The molecule has 3 heterocycles. The Bertz CT molecular complexity index is 1330. The number of hydrogen-bond donors (Lipinski definition) is 0. The molecule has 0 bridgehead atoms. The van der Waals surface area contributed by atoms with Crippen LogP contribution < -0.4 is 9.64 Å². The minimum atomic E-state index is -0.455. The van der Waals surface area contributed by atoms with Crippen LogP contribution in [0, 0.1) is 19.7 Å². The van der Waals surface area contributed by atoms with Gasteiger partial charge in [0.25, 0.3) is 5.91 Å². The summed E-state index contributed by atoms with van der Waals surface area (Å²) in [6, 6.07) is 4.30. The van der Waals surface area contributed by atoms with E-state index in [0.29, 0.717) is 34.5 Å². The van der Waals surface area contributed by atoms with Crippen molar-refractivity contribution < 1.29 is 18.3 Å². The van der Waals surface area contributed by atoms with Crippen LogP contribution in [0.2, 0.25) is 0 Å². The average molecular weight is 452 g/mol. The molecule has 1 amide bonds. The Morgan fingerprint density at radius 2 is 1.91 bits per heavy atom. The third-order valence-corrected chi connectivity index (χ3v) is 5.00. The third kappa shape index (κ3) is 4.44. The zero-order chi connectivity index (χ0) is 23.9. The minimum absolute atomic E-state index is 0.00212. The monoisotopic (exact) mass is 451 g/mol. The fourth-order valence-electron chi connectivity index (χ4n) is 3.68. The molecule has 0 saturated carbocycles. The second-order valence-electron chi connectivity index (χ2n) is 8.37. The number of imidazole rings is 1. The van der Waals surface area contributed by atoms with Gasteiger partial charge < -0.3 is 14.1 Å². The number of fused-ring (bicyclic) bond motifs is 1. The minimum Gasteiger partial charge on any atom is -0.488 e. The first-order valence-corrected chi connectivity index (χ1v) is 10.7. The van der Waals surface area contributed by atoms with E-state index < -0.39 is 5.82 Å². The first-order chi connectivity index (χ1) is 15.6.